The van der Waals surface area contributed by atoms with E-state index in [0.717, 1.165) is 10.9 Å². The van der Waals surface area contributed by atoms with E-state index >= 15 is 0 Å². The van der Waals surface area contributed by atoms with E-state index in [1.165, 1.54) is 16.6 Å². The lowest BCUT2D eigenvalue weighted by Crippen LogP contribution is -2.06. The van der Waals surface area contributed by atoms with E-state index in [4.69, 9.17) is 5.73 Å². The Morgan fingerprint density at radius 2 is 2.14 bits per heavy atom. The predicted octanol–water partition coefficient (Wildman–Crippen LogP) is 2.44. The molecule has 1 heterocycles. The van der Waals surface area contributed by atoms with Gasteiger partial charge in [-0.3, -0.25) is 0 Å². The van der Waals surface area contributed by atoms with Gasteiger partial charge in [0.2, 0.25) is 0 Å². The van der Waals surface area contributed by atoms with Crippen molar-refractivity contribution in [3.05, 3.63) is 34.4 Å². The number of fused-ring (bicyclic) bond motifs is 1. The molecule has 0 aliphatic rings. The van der Waals surface area contributed by atoms with Crippen LogP contribution in [0.3, 0.4) is 0 Å². The Hall–Kier alpha value is -0.800. The quantitative estimate of drug-likeness (QED) is 0.875. The summed E-state index contributed by atoms with van der Waals surface area (Å²) >= 11 is 3.47. The minimum absolute atomic E-state index is 0.700. The van der Waals surface area contributed by atoms with Crippen LogP contribution in [-0.4, -0.2) is 11.1 Å². The molecule has 2 nitrogen and oxygen atoms in total. The number of aryl methyl sites for hydroxylation is 1. The van der Waals surface area contributed by atoms with Gasteiger partial charge in [-0.25, -0.2) is 0 Å². The molecule has 0 radical (unpaired) electrons. The van der Waals surface area contributed by atoms with Crippen molar-refractivity contribution in [2.45, 2.75) is 6.42 Å². The molecule has 0 aliphatic carbocycles. The summed E-state index contributed by atoms with van der Waals surface area (Å²) in [6.07, 6.45) is 0.933. The monoisotopic (exact) mass is 252 g/mol. The zero-order valence-corrected chi connectivity index (χ0v) is 9.71. The van der Waals surface area contributed by atoms with Gasteiger partial charge in [-0.1, -0.05) is 15.9 Å². The predicted molar refractivity (Wildman–Crippen MR) is 63.4 cm³/mol. The van der Waals surface area contributed by atoms with E-state index in [1.54, 1.807) is 0 Å². The highest BCUT2D eigenvalue weighted by Gasteiger charge is 2.04. The van der Waals surface area contributed by atoms with Crippen molar-refractivity contribution >= 4 is 26.8 Å². The van der Waals surface area contributed by atoms with Gasteiger partial charge in [-0.15, -0.1) is 0 Å². The average Bonchev–Trinajstić information content (AvgIpc) is 2.44. The van der Waals surface area contributed by atoms with E-state index in [2.05, 4.69) is 51.8 Å². The minimum Gasteiger partial charge on any atom is -0.348 e. The third-order valence-corrected chi connectivity index (χ3v) is 3.00. The molecule has 0 aliphatic heterocycles. The van der Waals surface area contributed by atoms with Crippen LogP contribution in [0.15, 0.2) is 28.7 Å². The van der Waals surface area contributed by atoms with E-state index in [9.17, 15) is 0 Å². The molecule has 1 aromatic heterocycles. The largest absolute Gasteiger partial charge is 0.348 e. The fraction of sp³-hybridized carbons (Fsp3) is 0.273. The van der Waals surface area contributed by atoms with E-state index in [1.807, 2.05) is 0 Å². The molecule has 0 unspecified atom stereocenters. The lowest BCUT2D eigenvalue weighted by atomic mass is 10.2. The molecule has 0 amide bonds. The summed E-state index contributed by atoms with van der Waals surface area (Å²) < 4.78 is 3.32. The molecule has 0 saturated heterocycles. The highest BCUT2D eigenvalue weighted by molar-refractivity contribution is 9.10. The van der Waals surface area contributed by atoms with Crippen molar-refractivity contribution in [3.63, 3.8) is 0 Å². The van der Waals surface area contributed by atoms with Gasteiger partial charge in [0.05, 0.1) is 0 Å². The van der Waals surface area contributed by atoms with Gasteiger partial charge < -0.3 is 10.3 Å². The van der Waals surface area contributed by atoms with Crippen LogP contribution >= 0.6 is 15.9 Å². The summed E-state index contributed by atoms with van der Waals surface area (Å²) in [7, 11) is 2.08. The zero-order chi connectivity index (χ0) is 10.1. The number of benzene rings is 1. The molecule has 0 bridgehead atoms. The summed E-state index contributed by atoms with van der Waals surface area (Å²) in [6, 6.07) is 8.52. The number of hydrogen-bond donors (Lipinski definition) is 1. The summed E-state index contributed by atoms with van der Waals surface area (Å²) in [5.74, 6) is 0. The maximum Gasteiger partial charge on any atom is 0.0480 e. The van der Waals surface area contributed by atoms with Crippen LogP contribution in [0.1, 0.15) is 5.69 Å². The fourth-order valence-corrected chi connectivity index (χ4v) is 2.14. The van der Waals surface area contributed by atoms with Crippen LogP contribution in [-0.2, 0) is 13.5 Å². The zero-order valence-electron chi connectivity index (χ0n) is 8.13. The van der Waals surface area contributed by atoms with Gasteiger partial charge in [-0.05, 0) is 37.2 Å². The first-order valence-corrected chi connectivity index (χ1v) is 5.45. The molecule has 2 N–H and O–H groups in total. The van der Waals surface area contributed by atoms with Gasteiger partial charge in [0.15, 0.2) is 0 Å². The standard InChI is InChI=1S/C11H13BrN2/c1-14-10(4-5-13)7-8-6-9(12)2-3-11(8)14/h2-3,6-7H,4-5,13H2,1H3. The number of rotatable bonds is 2. The van der Waals surface area contributed by atoms with E-state index in [0.29, 0.717) is 6.54 Å². The minimum atomic E-state index is 0.700. The second-order valence-electron chi connectivity index (χ2n) is 3.44. The van der Waals surface area contributed by atoms with Crippen LogP contribution in [0.2, 0.25) is 0 Å². The third-order valence-electron chi connectivity index (χ3n) is 2.50. The molecule has 2 aromatic rings. The Morgan fingerprint density at radius 1 is 1.36 bits per heavy atom. The smallest absolute Gasteiger partial charge is 0.0480 e. The van der Waals surface area contributed by atoms with Gasteiger partial charge in [0, 0.05) is 28.1 Å². The molecule has 0 spiro atoms. The van der Waals surface area contributed by atoms with Crippen molar-refractivity contribution in [2.24, 2.45) is 12.8 Å². The lowest BCUT2D eigenvalue weighted by Gasteiger charge is -2.01. The van der Waals surface area contributed by atoms with Gasteiger partial charge >= 0.3 is 0 Å². The van der Waals surface area contributed by atoms with Crippen LogP contribution in [0, 0.1) is 0 Å². The molecular weight excluding hydrogens is 240 g/mol. The van der Waals surface area contributed by atoms with Crippen LogP contribution < -0.4 is 5.73 Å². The Kier molecular flexibility index (Phi) is 2.61. The second kappa shape index (κ2) is 3.75. The van der Waals surface area contributed by atoms with E-state index < -0.39 is 0 Å². The van der Waals surface area contributed by atoms with Gasteiger partial charge in [0.25, 0.3) is 0 Å². The summed E-state index contributed by atoms with van der Waals surface area (Å²) in [5.41, 5.74) is 8.11. The molecule has 2 rings (SSSR count). The van der Waals surface area contributed by atoms with Crippen molar-refractivity contribution < 1.29 is 0 Å². The van der Waals surface area contributed by atoms with Crippen LogP contribution in [0.25, 0.3) is 10.9 Å². The maximum absolute atomic E-state index is 5.56. The highest BCUT2D eigenvalue weighted by atomic mass is 79.9. The number of nitrogens with two attached hydrogens (primary N) is 1. The SMILES string of the molecule is Cn1c(CCN)cc2cc(Br)ccc21. The normalized spacial score (nSPS) is 11.1. The summed E-state index contributed by atoms with van der Waals surface area (Å²) in [6.45, 7) is 0.700. The average molecular weight is 253 g/mol. The number of hydrogen-bond acceptors (Lipinski definition) is 1. The number of halogens is 1. The molecule has 14 heavy (non-hydrogen) atoms. The molecule has 1 aromatic carbocycles. The number of nitrogens with zero attached hydrogens (tertiary/aromatic N) is 1. The van der Waals surface area contributed by atoms with Gasteiger partial charge in [-0.2, -0.15) is 0 Å². The lowest BCUT2D eigenvalue weighted by molar-refractivity contribution is 0.827. The van der Waals surface area contributed by atoms with Crippen LogP contribution in [0.5, 0.6) is 0 Å². The van der Waals surface area contributed by atoms with Crippen molar-refractivity contribution in [1.82, 2.24) is 4.57 Å². The van der Waals surface area contributed by atoms with Crippen LogP contribution in [0.4, 0.5) is 0 Å². The second-order valence-corrected chi connectivity index (χ2v) is 4.35. The third kappa shape index (κ3) is 1.57. The Labute approximate surface area is 91.8 Å². The molecular formula is C11H13BrN2. The molecule has 74 valence electrons. The van der Waals surface area contributed by atoms with Gasteiger partial charge in [0.1, 0.15) is 0 Å². The van der Waals surface area contributed by atoms with E-state index in [-0.39, 0.29) is 0 Å². The molecule has 0 saturated carbocycles. The molecule has 0 atom stereocenters. The topological polar surface area (TPSA) is 30.9 Å². The first kappa shape index (κ1) is 9.74. The summed E-state index contributed by atoms with van der Waals surface area (Å²) in [4.78, 5) is 0. The first-order chi connectivity index (χ1) is 6.72. The van der Waals surface area contributed by atoms with Crippen molar-refractivity contribution in [2.75, 3.05) is 6.54 Å². The molecule has 0 fully saturated rings. The Bertz CT molecular complexity index is 460. The first-order valence-electron chi connectivity index (χ1n) is 4.66. The summed E-state index contributed by atoms with van der Waals surface area (Å²) in [5, 5.41) is 1.27. The molecule has 3 heteroatoms. The fourth-order valence-electron chi connectivity index (χ4n) is 1.77. The Balaban J connectivity index is 2.61. The van der Waals surface area contributed by atoms with Crippen molar-refractivity contribution in [1.29, 1.82) is 0 Å². The Morgan fingerprint density at radius 3 is 2.86 bits per heavy atom. The highest BCUT2D eigenvalue weighted by Crippen LogP contribution is 2.22. The maximum atomic E-state index is 5.56. The van der Waals surface area contributed by atoms with Crippen molar-refractivity contribution in [3.8, 4) is 0 Å². The number of aromatic nitrogens is 1.